The first kappa shape index (κ1) is 24.1. The Morgan fingerprint density at radius 3 is 2.04 bits per heavy atom. The van der Waals surface area contributed by atoms with Crippen LogP contribution in [-0.4, -0.2) is 70.4 Å². The summed E-state index contributed by atoms with van der Waals surface area (Å²) in [5, 5.41) is 25.0. The summed E-state index contributed by atoms with van der Waals surface area (Å²) in [5.41, 5.74) is 5.43. The van der Waals surface area contributed by atoms with Gasteiger partial charge in [0.05, 0.1) is 6.61 Å². The van der Waals surface area contributed by atoms with Crippen LogP contribution in [0.3, 0.4) is 0 Å². The van der Waals surface area contributed by atoms with Gasteiger partial charge in [-0.25, -0.2) is 4.79 Å². The van der Waals surface area contributed by atoms with Crippen molar-refractivity contribution in [1.82, 2.24) is 16.0 Å². The van der Waals surface area contributed by atoms with Crippen molar-refractivity contribution in [3.05, 3.63) is 0 Å². The molecule has 26 heavy (non-hydrogen) atoms. The van der Waals surface area contributed by atoms with Crippen LogP contribution in [0.25, 0.3) is 0 Å². The number of carbonyl (C=O) groups is 4. The second kappa shape index (κ2) is 11.7. The number of aliphatic hydroxyl groups is 1. The van der Waals surface area contributed by atoms with Gasteiger partial charge in [-0.3, -0.25) is 14.4 Å². The molecule has 0 heterocycles. The molecule has 0 aromatic rings. The van der Waals surface area contributed by atoms with Crippen LogP contribution in [0.1, 0.15) is 27.2 Å². The lowest BCUT2D eigenvalue weighted by Gasteiger charge is -2.26. The number of nitrogens with one attached hydrogen (secondary N) is 3. The van der Waals surface area contributed by atoms with Crippen LogP contribution in [0.4, 0.5) is 0 Å². The topological polar surface area (TPSA) is 171 Å². The average molecular weight is 392 g/mol. The maximum atomic E-state index is 12.5. The molecule has 3 amide bonds. The number of amides is 3. The Morgan fingerprint density at radius 1 is 1.04 bits per heavy atom. The molecule has 0 fully saturated rings. The Kier molecular flexibility index (Phi) is 10.9. The zero-order chi connectivity index (χ0) is 20.4. The molecule has 0 saturated heterocycles. The Bertz CT molecular complexity index is 518. The second-order valence-electron chi connectivity index (χ2n) is 5.97. The third-order valence-electron chi connectivity index (χ3n) is 3.88. The lowest BCUT2D eigenvalue weighted by molar-refractivity contribution is -0.141. The molecule has 7 N–H and O–H groups in total. The second-order valence-corrected chi connectivity index (χ2v) is 6.34. The van der Waals surface area contributed by atoms with E-state index in [9.17, 15) is 19.2 Å². The molecule has 150 valence electrons. The van der Waals surface area contributed by atoms with Crippen LogP contribution >= 0.6 is 12.6 Å². The number of rotatable bonds is 11. The Balaban J connectivity index is 4.99. The van der Waals surface area contributed by atoms with Crippen molar-refractivity contribution < 1.29 is 29.4 Å². The summed E-state index contributed by atoms with van der Waals surface area (Å²) in [4.78, 5) is 47.3. The van der Waals surface area contributed by atoms with Crippen LogP contribution in [0, 0.1) is 5.92 Å². The number of nitrogens with two attached hydrogens (primary N) is 1. The van der Waals surface area contributed by atoms with Crippen molar-refractivity contribution in [3.8, 4) is 0 Å². The number of hydrogen-bond acceptors (Lipinski definition) is 7. The minimum Gasteiger partial charge on any atom is -0.480 e. The van der Waals surface area contributed by atoms with Gasteiger partial charge in [0.2, 0.25) is 17.7 Å². The molecule has 11 heteroatoms. The molecule has 5 unspecified atom stereocenters. The van der Waals surface area contributed by atoms with E-state index in [4.69, 9.17) is 15.9 Å². The molecule has 5 atom stereocenters. The summed E-state index contributed by atoms with van der Waals surface area (Å²) >= 11 is 3.84. The summed E-state index contributed by atoms with van der Waals surface area (Å²) in [5.74, 6) is -3.60. The van der Waals surface area contributed by atoms with Gasteiger partial charge < -0.3 is 31.9 Å². The minimum absolute atomic E-state index is 0.105. The summed E-state index contributed by atoms with van der Waals surface area (Å²) in [6.07, 6.45) is 0.564. The molecule has 0 radical (unpaired) electrons. The predicted octanol–water partition coefficient (Wildman–Crippen LogP) is -2.16. The molecule has 0 aliphatic rings. The molecule has 0 aromatic carbocycles. The van der Waals surface area contributed by atoms with Gasteiger partial charge in [-0.15, -0.1) is 0 Å². The van der Waals surface area contributed by atoms with Gasteiger partial charge in [-0.2, -0.15) is 12.6 Å². The maximum Gasteiger partial charge on any atom is 0.327 e. The van der Waals surface area contributed by atoms with Gasteiger partial charge in [-0.05, 0) is 12.8 Å². The van der Waals surface area contributed by atoms with E-state index < -0.39 is 54.5 Å². The van der Waals surface area contributed by atoms with Crippen LogP contribution in [0.2, 0.25) is 0 Å². The highest BCUT2D eigenvalue weighted by molar-refractivity contribution is 7.80. The molecule has 10 nitrogen and oxygen atoms in total. The summed E-state index contributed by atoms with van der Waals surface area (Å²) in [6, 6.07) is -4.33. The third kappa shape index (κ3) is 7.58. The van der Waals surface area contributed by atoms with Crippen molar-refractivity contribution in [2.45, 2.75) is 51.4 Å². The standard InChI is InChI=1S/C15H28N4O6S/c1-4-7(2)11(19-13(22)9(16)5-20)14(23)17-8(3)12(21)18-10(6-26)15(24)25/h7-11,20,26H,4-6,16H2,1-3H3,(H,17,23)(H,18,21)(H,19,22)(H,24,25). The number of carboxylic acid groups (broad SMARTS) is 1. The Hall–Kier alpha value is -1.85. The first-order valence-electron chi connectivity index (χ1n) is 8.20. The monoisotopic (exact) mass is 392 g/mol. The molecule has 0 aliphatic heterocycles. The predicted molar refractivity (Wildman–Crippen MR) is 97.5 cm³/mol. The van der Waals surface area contributed by atoms with Crippen molar-refractivity contribution in [2.24, 2.45) is 11.7 Å². The molecule has 0 spiro atoms. The summed E-state index contributed by atoms with van der Waals surface area (Å²) in [7, 11) is 0. The van der Waals surface area contributed by atoms with Gasteiger partial charge in [0.15, 0.2) is 0 Å². The number of aliphatic carboxylic acids is 1. The summed E-state index contributed by atoms with van der Waals surface area (Å²) in [6.45, 7) is 4.38. The molecule has 0 bridgehead atoms. The lowest BCUT2D eigenvalue weighted by atomic mass is 9.97. The molecule has 0 saturated carbocycles. The minimum atomic E-state index is -1.24. The fourth-order valence-electron chi connectivity index (χ4n) is 1.90. The van der Waals surface area contributed by atoms with E-state index in [1.807, 2.05) is 6.92 Å². The van der Waals surface area contributed by atoms with Crippen LogP contribution in [0.15, 0.2) is 0 Å². The van der Waals surface area contributed by atoms with Crippen LogP contribution in [0.5, 0.6) is 0 Å². The third-order valence-corrected chi connectivity index (χ3v) is 4.24. The van der Waals surface area contributed by atoms with E-state index in [2.05, 4.69) is 28.6 Å². The molecular weight excluding hydrogens is 364 g/mol. The molecular formula is C15H28N4O6S. The largest absolute Gasteiger partial charge is 0.480 e. The van der Waals surface area contributed by atoms with Crippen molar-refractivity contribution in [2.75, 3.05) is 12.4 Å². The van der Waals surface area contributed by atoms with E-state index in [-0.39, 0.29) is 11.7 Å². The molecule has 0 aromatic heterocycles. The zero-order valence-corrected chi connectivity index (χ0v) is 16.0. The summed E-state index contributed by atoms with van der Waals surface area (Å²) < 4.78 is 0. The highest BCUT2D eigenvalue weighted by Gasteiger charge is 2.30. The van der Waals surface area contributed by atoms with Crippen LogP contribution < -0.4 is 21.7 Å². The fraction of sp³-hybridized carbons (Fsp3) is 0.733. The highest BCUT2D eigenvalue weighted by Crippen LogP contribution is 2.09. The van der Waals surface area contributed by atoms with Gasteiger partial charge >= 0.3 is 5.97 Å². The zero-order valence-electron chi connectivity index (χ0n) is 15.1. The average Bonchev–Trinajstić information content (AvgIpc) is 2.61. The van der Waals surface area contributed by atoms with Gasteiger partial charge in [0.1, 0.15) is 24.2 Å². The number of carbonyl (C=O) groups excluding carboxylic acids is 3. The van der Waals surface area contributed by atoms with Crippen molar-refractivity contribution in [3.63, 3.8) is 0 Å². The highest BCUT2D eigenvalue weighted by atomic mass is 32.1. The smallest absolute Gasteiger partial charge is 0.327 e. The molecule has 0 aliphatic carbocycles. The maximum absolute atomic E-state index is 12.5. The first-order chi connectivity index (χ1) is 12.1. The van der Waals surface area contributed by atoms with Crippen molar-refractivity contribution in [1.29, 1.82) is 0 Å². The first-order valence-corrected chi connectivity index (χ1v) is 8.83. The SMILES string of the molecule is CCC(C)C(NC(=O)C(N)CO)C(=O)NC(C)C(=O)NC(CS)C(=O)O. The van der Waals surface area contributed by atoms with Gasteiger partial charge in [-0.1, -0.05) is 20.3 Å². The Morgan fingerprint density at radius 2 is 1.62 bits per heavy atom. The fourth-order valence-corrected chi connectivity index (χ4v) is 2.14. The van der Waals surface area contributed by atoms with E-state index in [1.54, 1.807) is 6.92 Å². The van der Waals surface area contributed by atoms with Gasteiger partial charge in [0, 0.05) is 5.75 Å². The van der Waals surface area contributed by atoms with E-state index in [0.717, 1.165) is 0 Å². The quantitative estimate of drug-likeness (QED) is 0.196. The van der Waals surface area contributed by atoms with Crippen LogP contribution in [-0.2, 0) is 19.2 Å². The molecule has 0 rings (SSSR count). The normalized spacial score (nSPS) is 16.5. The van der Waals surface area contributed by atoms with Crippen molar-refractivity contribution >= 4 is 36.3 Å². The van der Waals surface area contributed by atoms with Gasteiger partial charge in [0.25, 0.3) is 0 Å². The van der Waals surface area contributed by atoms with E-state index in [0.29, 0.717) is 6.42 Å². The number of carboxylic acids is 1. The Labute approximate surface area is 157 Å². The number of aliphatic hydroxyl groups excluding tert-OH is 1. The lowest BCUT2D eigenvalue weighted by Crippen LogP contribution is -2.58. The number of thiol groups is 1. The van der Waals surface area contributed by atoms with E-state index >= 15 is 0 Å². The number of hydrogen-bond donors (Lipinski definition) is 7. The van der Waals surface area contributed by atoms with E-state index in [1.165, 1.54) is 6.92 Å².